The standard InChI is InChI=1S/C13H24N4S/c1-3-4-14-9-13-15-12(11-18-13)10-17-7-5-16(2)6-8-17/h11,14H,3-10H2,1-2H3. The highest BCUT2D eigenvalue weighted by molar-refractivity contribution is 7.09. The van der Waals surface area contributed by atoms with Gasteiger partial charge in [-0.1, -0.05) is 6.92 Å². The third kappa shape index (κ3) is 4.31. The Morgan fingerprint density at radius 1 is 1.33 bits per heavy atom. The predicted molar refractivity (Wildman–Crippen MR) is 76.9 cm³/mol. The molecule has 0 atom stereocenters. The summed E-state index contributed by atoms with van der Waals surface area (Å²) in [6.45, 7) is 9.87. The number of nitrogens with one attached hydrogen (secondary N) is 1. The van der Waals surface area contributed by atoms with Gasteiger partial charge in [-0.05, 0) is 20.0 Å². The molecule has 1 N–H and O–H groups in total. The molecule has 102 valence electrons. The van der Waals surface area contributed by atoms with E-state index in [0.29, 0.717) is 0 Å². The quantitative estimate of drug-likeness (QED) is 0.790. The Kier molecular flexibility index (Phi) is 5.56. The highest BCUT2D eigenvalue weighted by atomic mass is 32.1. The minimum atomic E-state index is 0.918. The lowest BCUT2D eigenvalue weighted by Gasteiger charge is -2.31. The second kappa shape index (κ2) is 7.19. The van der Waals surface area contributed by atoms with Gasteiger partial charge in [-0.2, -0.15) is 0 Å². The average molecular weight is 268 g/mol. The lowest BCUT2D eigenvalue weighted by atomic mass is 10.3. The molecule has 1 aromatic heterocycles. The summed E-state index contributed by atoms with van der Waals surface area (Å²) < 4.78 is 0. The van der Waals surface area contributed by atoms with E-state index in [0.717, 1.165) is 32.7 Å². The van der Waals surface area contributed by atoms with Gasteiger partial charge in [0.1, 0.15) is 5.01 Å². The van der Waals surface area contributed by atoms with Crippen molar-refractivity contribution in [3.8, 4) is 0 Å². The summed E-state index contributed by atoms with van der Waals surface area (Å²) >= 11 is 1.78. The van der Waals surface area contributed by atoms with Crippen LogP contribution in [0.2, 0.25) is 0 Å². The fourth-order valence-corrected chi connectivity index (χ4v) is 2.86. The summed E-state index contributed by atoms with van der Waals surface area (Å²) in [6.07, 6.45) is 1.18. The van der Waals surface area contributed by atoms with Crippen LogP contribution in [0.1, 0.15) is 24.0 Å². The summed E-state index contributed by atoms with van der Waals surface area (Å²) in [5.41, 5.74) is 1.23. The van der Waals surface area contributed by atoms with Gasteiger partial charge in [-0.25, -0.2) is 4.98 Å². The van der Waals surface area contributed by atoms with E-state index in [-0.39, 0.29) is 0 Å². The summed E-state index contributed by atoms with van der Waals surface area (Å²) in [4.78, 5) is 9.58. The van der Waals surface area contributed by atoms with Crippen LogP contribution in [0.4, 0.5) is 0 Å². The largest absolute Gasteiger partial charge is 0.310 e. The zero-order valence-electron chi connectivity index (χ0n) is 11.5. The molecule has 1 saturated heterocycles. The van der Waals surface area contributed by atoms with E-state index in [1.54, 1.807) is 11.3 Å². The third-order valence-corrected chi connectivity index (χ3v) is 4.18. The highest BCUT2D eigenvalue weighted by Crippen LogP contribution is 2.12. The normalized spacial score (nSPS) is 18.3. The molecule has 1 aliphatic heterocycles. The molecule has 0 bridgehead atoms. The SMILES string of the molecule is CCCNCc1nc(CN2CCN(C)CC2)cs1. The Hall–Kier alpha value is -0.490. The first-order chi connectivity index (χ1) is 8.78. The van der Waals surface area contributed by atoms with Crippen molar-refractivity contribution in [2.24, 2.45) is 0 Å². The van der Waals surface area contributed by atoms with Crippen molar-refractivity contribution in [2.75, 3.05) is 39.8 Å². The van der Waals surface area contributed by atoms with Crippen LogP contribution in [0.5, 0.6) is 0 Å². The van der Waals surface area contributed by atoms with Crippen LogP contribution in [-0.2, 0) is 13.1 Å². The van der Waals surface area contributed by atoms with Crippen molar-refractivity contribution >= 4 is 11.3 Å². The number of thiazole rings is 1. The fourth-order valence-electron chi connectivity index (χ4n) is 2.11. The smallest absolute Gasteiger partial charge is 0.107 e. The lowest BCUT2D eigenvalue weighted by Crippen LogP contribution is -2.43. The van der Waals surface area contributed by atoms with Gasteiger partial charge >= 0.3 is 0 Å². The van der Waals surface area contributed by atoms with Gasteiger partial charge in [0.25, 0.3) is 0 Å². The van der Waals surface area contributed by atoms with Crippen LogP contribution in [0.15, 0.2) is 5.38 Å². The lowest BCUT2D eigenvalue weighted by molar-refractivity contribution is 0.147. The minimum Gasteiger partial charge on any atom is -0.310 e. The molecule has 0 radical (unpaired) electrons. The molecule has 0 spiro atoms. The molecule has 1 fully saturated rings. The molecular formula is C13H24N4S. The minimum absolute atomic E-state index is 0.918. The van der Waals surface area contributed by atoms with Crippen LogP contribution in [0.3, 0.4) is 0 Å². The van der Waals surface area contributed by atoms with Gasteiger partial charge in [-0.3, -0.25) is 4.90 Å². The predicted octanol–water partition coefficient (Wildman–Crippen LogP) is 1.39. The van der Waals surface area contributed by atoms with E-state index < -0.39 is 0 Å². The summed E-state index contributed by atoms with van der Waals surface area (Å²) in [5, 5.41) is 6.83. The monoisotopic (exact) mass is 268 g/mol. The molecule has 1 aliphatic rings. The van der Waals surface area contributed by atoms with Crippen molar-refractivity contribution in [1.82, 2.24) is 20.1 Å². The molecular weight excluding hydrogens is 244 g/mol. The maximum absolute atomic E-state index is 4.70. The van der Waals surface area contributed by atoms with Gasteiger partial charge in [0.2, 0.25) is 0 Å². The van der Waals surface area contributed by atoms with Gasteiger partial charge < -0.3 is 10.2 Å². The zero-order chi connectivity index (χ0) is 12.8. The molecule has 0 unspecified atom stereocenters. The number of hydrogen-bond acceptors (Lipinski definition) is 5. The second-order valence-corrected chi connectivity index (χ2v) is 5.93. The van der Waals surface area contributed by atoms with Crippen LogP contribution >= 0.6 is 11.3 Å². The molecule has 0 amide bonds. The first kappa shape index (κ1) is 13.9. The maximum atomic E-state index is 4.70. The molecule has 0 saturated carbocycles. The molecule has 1 aromatic rings. The Bertz CT molecular complexity index is 345. The van der Waals surface area contributed by atoms with Crippen molar-refractivity contribution < 1.29 is 0 Å². The van der Waals surface area contributed by atoms with E-state index in [4.69, 9.17) is 4.98 Å². The van der Waals surface area contributed by atoms with E-state index in [9.17, 15) is 0 Å². The topological polar surface area (TPSA) is 31.4 Å². The third-order valence-electron chi connectivity index (χ3n) is 3.28. The number of aromatic nitrogens is 1. The number of likely N-dealkylation sites (N-methyl/N-ethyl adjacent to an activating group) is 1. The summed E-state index contributed by atoms with van der Waals surface area (Å²) in [7, 11) is 2.19. The van der Waals surface area contributed by atoms with Crippen LogP contribution in [-0.4, -0.2) is 54.6 Å². The van der Waals surface area contributed by atoms with Gasteiger partial charge in [0.05, 0.1) is 5.69 Å². The molecule has 2 rings (SSSR count). The van der Waals surface area contributed by atoms with Crippen LogP contribution < -0.4 is 5.32 Å². The van der Waals surface area contributed by atoms with E-state index >= 15 is 0 Å². The maximum Gasteiger partial charge on any atom is 0.107 e. The Morgan fingerprint density at radius 3 is 2.83 bits per heavy atom. The fraction of sp³-hybridized carbons (Fsp3) is 0.769. The number of piperazine rings is 1. The molecule has 2 heterocycles. The Morgan fingerprint density at radius 2 is 2.11 bits per heavy atom. The Balaban J connectivity index is 1.76. The average Bonchev–Trinajstić information content (AvgIpc) is 2.80. The van der Waals surface area contributed by atoms with Gasteiger partial charge in [-0.15, -0.1) is 11.3 Å². The van der Waals surface area contributed by atoms with Crippen LogP contribution in [0, 0.1) is 0 Å². The van der Waals surface area contributed by atoms with Crippen molar-refractivity contribution in [3.63, 3.8) is 0 Å². The van der Waals surface area contributed by atoms with Crippen molar-refractivity contribution in [2.45, 2.75) is 26.4 Å². The second-order valence-electron chi connectivity index (χ2n) is 4.99. The molecule has 0 aliphatic carbocycles. The van der Waals surface area contributed by atoms with E-state index in [1.165, 1.54) is 30.2 Å². The highest BCUT2D eigenvalue weighted by Gasteiger charge is 2.14. The summed E-state index contributed by atoms with van der Waals surface area (Å²) in [6, 6.07) is 0. The summed E-state index contributed by atoms with van der Waals surface area (Å²) in [5.74, 6) is 0. The van der Waals surface area contributed by atoms with Crippen LogP contribution in [0.25, 0.3) is 0 Å². The first-order valence-electron chi connectivity index (χ1n) is 6.83. The van der Waals surface area contributed by atoms with E-state index in [2.05, 4.69) is 34.5 Å². The number of nitrogens with zero attached hydrogens (tertiary/aromatic N) is 3. The van der Waals surface area contributed by atoms with E-state index in [1.807, 2.05) is 0 Å². The van der Waals surface area contributed by atoms with Crippen molar-refractivity contribution in [3.05, 3.63) is 16.1 Å². The van der Waals surface area contributed by atoms with Gasteiger partial charge in [0, 0.05) is 44.6 Å². The molecule has 18 heavy (non-hydrogen) atoms. The first-order valence-corrected chi connectivity index (χ1v) is 7.71. The molecule has 0 aromatic carbocycles. The van der Waals surface area contributed by atoms with Gasteiger partial charge in [0.15, 0.2) is 0 Å². The Labute approximate surface area is 114 Å². The van der Waals surface area contributed by atoms with Crippen molar-refractivity contribution in [1.29, 1.82) is 0 Å². The zero-order valence-corrected chi connectivity index (χ0v) is 12.3. The number of rotatable bonds is 6. The molecule has 5 heteroatoms. The number of hydrogen-bond donors (Lipinski definition) is 1. The molecule has 4 nitrogen and oxygen atoms in total.